The van der Waals surface area contributed by atoms with Gasteiger partial charge in [-0.2, -0.15) is 0 Å². The second-order valence-electron chi connectivity index (χ2n) is 15.6. The van der Waals surface area contributed by atoms with Crippen LogP contribution >= 0.6 is 0 Å². The van der Waals surface area contributed by atoms with Crippen molar-refractivity contribution in [1.29, 1.82) is 0 Å². The van der Waals surface area contributed by atoms with Gasteiger partial charge in [0.15, 0.2) is 18.0 Å². The van der Waals surface area contributed by atoms with Crippen LogP contribution < -0.4 is 0 Å². The Morgan fingerprint density at radius 3 is 2.33 bits per heavy atom. The van der Waals surface area contributed by atoms with Crippen molar-refractivity contribution in [3.63, 3.8) is 0 Å². The monoisotopic (exact) mass is 695 g/mol. The molecule has 4 aliphatic rings. The third-order valence-corrected chi connectivity index (χ3v) is 11.5. The summed E-state index contributed by atoms with van der Waals surface area (Å²) in [4.78, 5) is 48.6. The summed E-state index contributed by atoms with van der Waals surface area (Å²) in [6.07, 6.45) is -3.81. The largest absolute Gasteiger partial charge is 0.458 e. The van der Waals surface area contributed by atoms with E-state index in [-0.39, 0.29) is 30.0 Å². The number of likely N-dealkylation sites (N-methyl/N-ethyl adjacent to an activating group) is 1. The number of carbonyl (C=O) groups is 3. The molecule has 0 aromatic heterocycles. The first-order valence-corrected chi connectivity index (χ1v) is 17.9. The van der Waals surface area contributed by atoms with Crippen LogP contribution in [0.3, 0.4) is 0 Å². The predicted octanol–water partition coefficient (Wildman–Crippen LogP) is 3.83. The molecule has 0 radical (unpaired) electrons. The molecule has 0 unspecified atom stereocenters. The number of carbonyl (C=O) groups excluding carboxylic acids is 3. The normalized spacial score (nSPS) is 45.2. The van der Waals surface area contributed by atoms with E-state index in [0.717, 1.165) is 5.71 Å². The van der Waals surface area contributed by atoms with Crippen LogP contribution in [-0.4, -0.2) is 133 Å². The molecule has 1 amide bonds. The van der Waals surface area contributed by atoms with Crippen molar-refractivity contribution in [3.8, 4) is 0 Å². The summed E-state index contributed by atoms with van der Waals surface area (Å²) in [6, 6.07) is -0.846. The number of hydrogen-bond donors (Lipinski definition) is 1. The van der Waals surface area contributed by atoms with Gasteiger partial charge in [-0.05, 0) is 73.9 Å². The maximum absolute atomic E-state index is 13.9. The van der Waals surface area contributed by atoms with Crippen molar-refractivity contribution in [2.45, 2.75) is 155 Å². The zero-order valence-electron chi connectivity index (χ0n) is 31.8. The van der Waals surface area contributed by atoms with Gasteiger partial charge < -0.3 is 38.4 Å². The van der Waals surface area contributed by atoms with Gasteiger partial charge in [0.25, 0.3) is 0 Å². The Bertz CT molecular complexity index is 1250. The summed E-state index contributed by atoms with van der Waals surface area (Å²) in [5.41, 5.74) is -1.30. The van der Waals surface area contributed by atoms with Gasteiger partial charge in [0.1, 0.15) is 6.10 Å². The van der Waals surface area contributed by atoms with Crippen molar-refractivity contribution in [2.75, 3.05) is 27.7 Å². The molecule has 2 bridgehead atoms. The van der Waals surface area contributed by atoms with E-state index < -0.39 is 77.8 Å². The minimum atomic E-state index is -1.23. The number of fused-ring (bicyclic) bond motifs is 1. The average Bonchev–Trinajstić information content (AvgIpc) is 3.18. The van der Waals surface area contributed by atoms with Gasteiger partial charge in [0.05, 0.1) is 48.0 Å². The second-order valence-corrected chi connectivity index (χ2v) is 15.6. The zero-order valence-corrected chi connectivity index (χ0v) is 31.8. The molecule has 280 valence electrons. The van der Waals surface area contributed by atoms with Crippen molar-refractivity contribution in [2.24, 2.45) is 28.7 Å². The molecule has 0 aromatic rings. The molecular weight excluding hydrogens is 634 g/mol. The van der Waals surface area contributed by atoms with Crippen LogP contribution in [0, 0.1) is 23.7 Å². The number of aliphatic imine (C=N–C) groups is 1. The van der Waals surface area contributed by atoms with E-state index in [4.69, 9.17) is 33.4 Å². The molecule has 0 saturated carbocycles. The smallest absolute Gasteiger partial charge is 0.411 e. The highest BCUT2D eigenvalue weighted by Crippen LogP contribution is 2.45. The Kier molecular flexibility index (Phi) is 12.2. The summed E-state index contributed by atoms with van der Waals surface area (Å²) in [5, 5.41) is 11.9. The number of nitrogens with zero attached hydrogens (tertiary/aromatic N) is 3. The maximum Gasteiger partial charge on any atom is 0.411 e. The first-order chi connectivity index (χ1) is 22.8. The maximum atomic E-state index is 13.9. The Morgan fingerprint density at radius 2 is 1.76 bits per heavy atom. The lowest BCUT2D eigenvalue weighted by Crippen LogP contribution is -2.61. The van der Waals surface area contributed by atoms with E-state index in [1.165, 1.54) is 6.92 Å². The first kappa shape index (κ1) is 39.5. The molecule has 0 aliphatic carbocycles. The molecule has 4 rings (SSSR count). The summed E-state index contributed by atoms with van der Waals surface area (Å²) in [5.74, 6) is -3.13. The number of rotatable bonds is 6. The molecule has 49 heavy (non-hydrogen) atoms. The number of esters is 2. The molecule has 0 spiro atoms. The molecule has 15 atom stereocenters. The van der Waals surface area contributed by atoms with Gasteiger partial charge in [-0.1, -0.05) is 27.7 Å². The predicted molar refractivity (Wildman–Crippen MR) is 182 cm³/mol. The number of methoxy groups -OCH3 is 1. The van der Waals surface area contributed by atoms with Gasteiger partial charge >= 0.3 is 18.0 Å². The van der Waals surface area contributed by atoms with Crippen LogP contribution in [0.25, 0.3) is 0 Å². The third-order valence-electron chi connectivity index (χ3n) is 11.5. The quantitative estimate of drug-likeness (QED) is 0.320. The Balaban J connectivity index is 1.85. The van der Waals surface area contributed by atoms with Crippen molar-refractivity contribution in [1.82, 2.24) is 9.80 Å². The molecule has 13 heteroatoms. The Morgan fingerprint density at radius 1 is 1.10 bits per heavy atom. The summed E-state index contributed by atoms with van der Waals surface area (Å²) >= 11 is 0. The lowest BCUT2D eigenvalue weighted by molar-refractivity contribution is -0.303. The van der Waals surface area contributed by atoms with Crippen LogP contribution in [0.1, 0.15) is 88.5 Å². The molecular formula is C36H61N3O10. The number of aliphatic hydroxyl groups excluding tert-OH is 1. The summed E-state index contributed by atoms with van der Waals surface area (Å²) in [6.45, 7) is 18.9. The third kappa shape index (κ3) is 7.66. The van der Waals surface area contributed by atoms with E-state index >= 15 is 0 Å². The number of aliphatic hydroxyl groups is 1. The van der Waals surface area contributed by atoms with Gasteiger partial charge in [0, 0.05) is 38.1 Å². The number of hydrogen-bond acceptors (Lipinski definition) is 12. The number of ether oxygens (including phenoxy) is 6. The highest BCUT2D eigenvalue weighted by molar-refractivity contribution is 5.91. The van der Waals surface area contributed by atoms with E-state index in [2.05, 4.69) is 13.8 Å². The summed E-state index contributed by atoms with van der Waals surface area (Å²) < 4.78 is 37.7. The fourth-order valence-electron chi connectivity index (χ4n) is 8.96. The van der Waals surface area contributed by atoms with Crippen LogP contribution in [0.5, 0.6) is 0 Å². The van der Waals surface area contributed by atoms with Gasteiger partial charge in [-0.15, -0.1) is 0 Å². The summed E-state index contributed by atoms with van der Waals surface area (Å²) in [7, 11) is 5.45. The van der Waals surface area contributed by atoms with Gasteiger partial charge in [-0.25, -0.2) is 4.79 Å². The molecule has 0 aromatic carbocycles. The number of cyclic esters (lactones) is 1. The van der Waals surface area contributed by atoms with E-state index in [0.29, 0.717) is 25.8 Å². The lowest BCUT2D eigenvalue weighted by Gasteiger charge is -2.49. The van der Waals surface area contributed by atoms with E-state index in [9.17, 15) is 19.5 Å². The van der Waals surface area contributed by atoms with Crippen LogP contribution in [0.2, 0.25) is 0 Å². The van der Waals surface area contributed by atoms with E-state index in [1.807, 2.05) is 60.5 Å². The van der Waals surface area contributed by atoms with Crippen molar-refractivity contribution >= 4 is 23.7 Å². The number of amides is 1. The molecule has 13 nitrogen and oxygen atoms in total. The van der Waals surface area contributed by atoms with Crippen molar-refractivity contribution < 1.29 is 47.9 Å². The second kappa shape index (κ2) is 15.1. The molecule has 1 N–H and O–H groups in total. The SMILES string of the molecule is CC[C@@H]1OC(=O)[C@H](C)[C@@H](O)[C@H](C)[C@H](O[C@@H]2O[C@H](C)C[C@H](N(C)C)[C@H]2OC(C)=O)[C@](C)(OC)C[C@@H](C)C2=N[C@@H](C)CN3C(=O)O[C@@]1(C)[C@H]3[C@H]2C. The van der Waals surface area contributed by atoms with E-state index in [1.54, 1.807) is 18.9 Å². The minimum absolute atomic E-state index is 0.161. The fraction of sp³-hybridized carbons (Fsp3) is 0.889. The highest BCUT2D eigenvalue weighted by atomic mass is 16.7. The van der Waals surface area contributed by atoms with Gasteiger partial charge in [0.2, 0.25) is 0 Å². The Labute approximate surface area is 292 Å². The standard InChI is InChI=1S/C36H61N3O10/c1-14-26-36(10)30-21(5)27(37-19(3)17-39(30)34(43)49-36)18(2)16-35(9,44-13)31(22(6)28(41)23(7)32(42)47-26)48-33-29(46-24(8)40)25(38(11)12)15-20(4)45-33/h18-23,25-26,28-31,33,41H,14-17H2,1-13H3/t18-,19+,20-,21+,22+,23-,25+,26+,28+,29-,30-,31+,33+,35-,36-/m1/s1. The Hall–Kier alpha value is -2.32. The van der Waals surface area contributed by atoms with Gasteiger partial charge in [-0.3, -0.25) is 19.5 Å². The van der Waals surface area contributed by atoms with Crippen LogP contribution in [-0.2, 0) is 38.0 Å². The molecule has 3 saturated heterocycles. The molecule has 4 aliphatic heterocycles. The van der Waals surface area contributed by atoms with Crippen molar-refractivity contribution in [3.05, 3.63) is 0 Å². The van der Waals surface area contributed by atoms with Crippen LogP contribution in [0.15, 0.2) is 4.99 Å². The van der Waals surface area contributed by atoms with Crippen LogP contribution in [0.4, 0.5) is 4.79 Å². The first-order valence-electron chi connectivity index (χ1n) is 17.9. The fourth-order valence-corrected chi connectivity index (χ4v) is 8.96. The topological polar surface area (TPSA) is 146 Å². The highest BCUT2D eigenvalue weighted by Gasteiger charge is 2.61. The zero-order chi connectivity index (χ0) is 36.7. The molecule has 4 heterocycles. The lowest BCUT2D eigenvalue weighted by atomic mass is 9.72. The average molecular weight is 696 g/mol. The molecule has 3 fully saturated rings. The minimum Gasteiger partial charge on any atom is -0.458 e.